The highest BCUT2D eigenvalue weighted by Crippen LogP contribution is 2.42. The Balaban J connectivity index is -0.000000342. The Morgan fingerprint density at radius 1 is 0.433 bits per heavy atom. The van der Waals surface area contributed by atoms with Crippen molar-refractivity contribution in [2.24, 2.45) is 28.1 Å². The van der Waals surface area contributed by atoms with Crippen molar-refractivity contribution in [1.82, 2.24) is 0 Å². The molecule has 0 N–H and O–H groups in total. The van der Waals surface area contributed by atoms with Crippen LogP contribution in [0.5, 0.6) is 0 Å². The minimum atomic E-state index is -1.24. The van der Waals surface area contributed by atoms with E-state index in [1.54, 1.807) is 55.4 Å². The van der Waals surface area contributed by atoms with Crippen LogP contribution in [0.25, 0.3) is 0 Å². The summed E-state index contributed by atoms with van der Waals surface area (Å²) in [4.78, 5) is 95.1. The first kappa shape index (κ1) is 108. The number of rotatable bonds is 61. The van der Waals surface area contributed by atoms with Crippen LogP contribution in [-0.4, -0.2) is 104 Å². The van der Waals surface area contributed by atoms with Crippen LogP contribution in [0, 0.1) is 40.6 Å². The van der Waals surface area contributed by atoms with E-state index in [0.717, 1.165) is 38.5 Å². The van der Waals surface area contributed by atoms with Crippen LogP contribution in [0.3, 0.4) is 0 Å². The molecule has 612 valence electrons. The third-order valence-electron chi connectivity index (χ3n) is 18.3. The number of carbonyl (C=O) groups excluding carboxylic acids is 8. The van der Waals surface area contributed by atoms with Crippen LogP contribution in [0.4, 0.5) is 0 Å². The molecule has 0 aromatic heterocycles. The zero-order chi connectivity index (χ0) is 79.8. The van der Waals surface area contributed by atoms with Crippen molar-refractivity contribution >= 4 is 79.6 Å². The maximum absolute atomic E-state index is 13.3. The number of halogens is 2. The predicted molar refractivity (Wildman–Crippen MR) is 437 cm³/mol. The number of esters is 8. The van der Waals surface area contributed by atoms with Crippen molar-refractivity contribution in [3.63, 3.8) is 0 Å². The number of ether oxygens (including phenoxy) is 8. The lowest BCUT2D eigenvalue weighted by molar-refractivity contribution is -0.163. The van der Waals surface area contributed by atoms with Crippen LogP contribution in [0.1, 0.15) is 381 Å². The monoisotopic (exact) mass is 1600 g/mol. The van der Waals surface area contributed by atoms with Gasteiger partial charge in [-0.3, -0.25) is 24.0 Å². The Kier molecular flexibility index (Phi) is 77.3. The minimum absolute atomic E-state index is 0. The third-order valence-corrected chi connectivity index (χ3v) is 19.6. The van der Waals surface area contributed by atoms with Crippen molar-refractivity contribution in [1.29, 1.82) is 0 Å². The molecule has 0 radical (unpaired) electrons. The summed E-state index contributed by atoms with van der Waals surface area (Å²) in [6, 6.07) is 0. The van der Waals surface area contributed by atoms with Gasteiger partial charge in [0.2, 0.25) is 0 Å². The smallest absolute Gasteiger partial charge is 0.333 e. The summed E-state index contributed by atoms with van der Waals surface area (Å²) >= 11 is 6.55. The van der Waals surface area contributed by atoms with Crippen LogP contribution >= 0.6 is 31.9 Å². The lowest BCUT2D eigenvalue weighted by Crippen LogP contribution is -2.41. The molecule has 0 aliphatic rings. The summed E-state index contributed by atoms with van der Waals surface area (Å²) in [5.74, 6) is -3.94. The molecule has 0 saturated carbocycles. The van der Waals surface area contributed by atoms with Crippen molar-refractivity contribution < 1.29 is 77.7 Å². The summed E-state index contributed by atoms with van der Waals surface area (Å²) in [7, 11) is 2.58. The molecule has 0 aromatic rings. The van der Waals surface area contributed by atoms with Gasteiger partial charge in [-0.15, -0.1) is 0 Å². The highest BCUT2D eigenvalue weighted by molar-refractivity contribution is 9.10. The quantitative estimate of drug-likeness (QED) is 0.0138. The summed E-state index contributed by atoms with van der Waals surface area (Å²) < 4.78 is 39.3. The maximum Gasteiger partial charge on any atom is 0.333 e. The van der Waals surface area contributed by atoms with Gasteiger partial charge < -0.3 is 37.9 Å². The average Bonchev–Trinajstić information content (AvgIpc) is 0.801. The molecule has 0 saturated heterocycles. The molecule has 2 unspecified atom stereocenters. The van der Waals surface area contributed by atoms with E-state index in [9.17, 15) is 38.4 Å². The molecule has 0 aromatic carbocycles. The SMILES string of the molecule is C#COC(=O)[C@@H](Br)C[C@@H](C[C@@](C)(CC(C)(C)C(=O)OCC)C(=O)OC)C(=O)OCCCCCCCCCCCCCCCCCC.C=CC(=O)OCC(CC)CCCC.C=CC(=O)OCCCCCCCCCCCCCCCCCC.CCCCCC.CCOC(=O)C(C)(C)CC(C)(Br)C(=O)OC.[HH]. The van der Waals surface area contributed by atoms with Gasteiger partial charge in [0, 0.05) is 13.6 Å². The maximum atomic E-state index is 13.3. The summed E-state index contributed by atoms with van der Waals surface area (Å²) in [5, 5.41) is 0. The summed E-state index contributed by atoms with van der Waals surface area (Å²) in [6.07, 6.45) is 61.7. The van der Waals surface area contributed by atoms with Gasteiger partial charge in [0.25, 0.3) is 0 Å². The molecule has 16 nitrogen and oxygen atoms in total. The lowest BCUT2D eigenvalue weighted by atomic mass is 9.69. The Labute approximate surface area is 655 Å². The van der Waals surface area contributed by atoms with Crippen molar-refractivity contribution in [2.45, 2.75) is 389 Å². The molecule has 5 atom stereocenters. The fourth-order valence-corrected chi connectivity index (χ4v) is 13.5. The molecule has 0 bridgehead atoms. The van der Waals surface area contributed by atoms with E-state index in [4.69, 9.17) is 34.8 Å². The van der Waals surface area contributed by atoms with E-state index < -0.39 is 61.2 Å². The molecule has 104 heavy (non-hydrogen) atoms. The highest BCUT2D eigenvalue weighted by Gasteiger charge is 2.47. The van der Waals surface area contributed by atoms with E-state index in [-0.39, 0.29) is 51.8 Å². The Morgan fingerprint density at radius 3 is 1.09 bits per heavy atom. The van der Waals surface area contributed by atoms with Crippen LogP contribution in [-0.2, 0) is 76.3 Å². The minimum Gasteiger partial charge on any atom is -0.469 e. The Morgan fingerprint density at radius 2 is 0.760 bits per heavy atom. The Hall–Kier alpha value is -4.24. The largest absolute Gasteiger partial charge is 0.469 e. The first-order valence-corrected chi connectivity index (χ1v) is 42.5. The molecule has 18 heteroatoms. The van der Waals surface area contributed by atoms with Crippen LogP contribution in [0.2, 0.25) is 0 Å². The molecule has 0 aliphatic carbocycles. The Bertz CT molecular complexity index is 2190. The van der Waals surface area contributed by atoms with Gasteiger partial charge in [-0.1, -0.05) is 331 Å². The van der Waals surface area contributed by atoms with E-state index in [0.29, 0.717) is 32.2 Å². The van der Waals surface area contributed by atoms with Gasteiger partial charge in [-0.25, -0.2) is 14.4 Å². The zero-order valence-corrected chi connectivity index (χ0v) is 72.5. The fraction of sp³-hybridized carbons (Fsp3) is 0.837. The summed E-state index contributed by atoms with van der Waals surface area (Å²) in [6.45, 7) is 35.6. The number of carbonyl (C=O) groups is 8. The third kappa shape index (κ3) is 66.0. The first-order chi connectivity index (χ1) is 49.5. The standard InChI is InChI=1S/C37H63BrO8.C21H40O2.C11H19BrO4.C11H20O2.C6H14.H2/c1-8-11-12-13-14-15-16-17-18-19-20-21-22-23-24-25-26-46-32(39)30(27-31(38)33(40)44-9-2)28-37(6,35(42)43-7)29-36(4,5)34(41)45-10-3;1-3-5-6-7-8-9-10-11-12-13-14-15-16-17-18-19-20-23-21(22)4-2;1-6-16-8(13)10(2,3)7-11(4,12)9(14)15-5;1-4-7-8-10(5-2)9-13-11(12)6-3;1-3-5-6-4-2;/h2,30-31H,8,10-29H2,1,3-7H3;4H,2-3,5-20H2,1H3;6-7H2,1-5H3;6,10H,3-5,7-9H2,1-2H3;3-6H2,1-2H3;1H/t30-,31-,37-;;;;;/m0...../s1. The number of hydrogen-bond acceptors (Lipinski definition) is 16. The van der Waals surface area contributed by atoms with Gasteiger partial charge >= 0.3 is 47.8 Å². The molecule has 0 rings (SSSR count). The van der Waals surface area contributed by atoms with Crippen molar-refractivity contribution in [3.05, 3.63) is 25.3 Å². The molecule has 0 spiro atoms. The van der Waals surface area contributed by atoms with Gasteiger partial charge in [0.15, 0.2) is 0 Å². The highest BCUT2D eigenvalue weighted by atomic mass is 79.9. The van der Waals surface area contributed by atoms with E-state index in [1.165, 1.54) is 245 Å². The normalized spacial score (nSPS) is 12.9. The molecule has 0 amide bonds. The van der Waals surface area contributed by atoms with E-state index in [1.807, 2.05) is 6.11 Å². The topological polar surface area (TPSA) is 210 Å². The molecular weight excluding hydrogens is 1450 g/mol. The number of terminal acetylenes is 1. The van der Waals surface area contributed by atoms with Gasteiger partial charge in [0.1, 0.15) is 15.3 Å². The van der Waals surface area contributed by atoms with Gasteiger partial charge in [0.05, 0.1) is 69.4 Å². The van der Waals surface area contributed by atoms with E-state index in [2.05, 4.69) is 96.0 Å². The number of methoxy groups -OCH3 is 2. The molecule has 0 heterocycles. The zero-order valence-electron chi connectivity index (χ0n) is 69.3. The van der Waals surface area contributed by atoms with Crippen LogP contribution in [0.15, 0.2) is 25.3 Å². The average molecular weight is 1610 g/mol. The predicted octanol–water partition coefficient (Wildman–Crippen LogP) is 24.3. The van der Waals surface area contributed by atoms with Crippen molar-refractivity contribution in [3.8, 4) is 12.5 Å². The first-order valence-electron chi connectivity index (χ1n) is 40.8. The lowest BCUT2D eigenvalue weighted by Gasteiger charge is -2.36. The molecule has 0 fully saturated rings. The fourth-order valence-electron chi connectivity index (χ4n) is 12.1. The molecule has 0 aliphatic heterocycles. The second-order valence-corrected chi connectivity index (χ2v) is 32.4. The number of alkyl halides is 2. The number of hydrogen-bond donors (Lipinski definition) is 0. The molecular formula is C86H158Br2O16. The number of unbranched alkanes of at least 4 members (excludes halogenated alkanes) is 34. The van der Waals surface area contributed by atoms with Crippen molar-refractivity contribution in [2.75, 3.05) is 47.3 Å². The van der Waals surface area contributed by atoms with Gasteiger partial charge in [-0.05, 0) is 106 Å². The van der Waals surface area contributed by atoms with Gasteiger partial charge in [-0.2, -0.15) is 0 Å². The second-order valence-electron chi connectivity index (χ2n) is 29.6. The second kappa shape index (κ2) is 74.2. The van der Waals surface area contributed by atoms with E-state index >= 15 is 0 Å². The van der Waals surface area contributed by atoms with Crippen LogP contribution < -0.4 is 0 Å². The summed E-state index contributed by atoms with van der Waals surface area (Å²) in [5.41, 5.74) is -3.01.